The molecule has 17 heavy (non-hydrogen) atoms. The number of hydrogen-bond acceptors (Lipinski definition) is 4. The van der Waals surface area contributed by atoms with Crippen molar-refractivity contribution in [3.63, 3.8) is 0 Å². The molecule has 98 valence electrons. The summed E-state index contributed by atoms with van der Waals surface area (Å²) in [4.78, 5) is 13.9. The molecular weight excluding hydrogens is 218 g/mol. The van der Waals surface area contributed by atoms with Crippen LogP contribution in [0.15, 0.2) is 0 Å². The molecule has 2 saturated heterocycles. The van der Waals surface area contributed by atoms with Gasteiger partial charge in [-0.2, -0.15) is 0 Å². The van der Waals surface area contributed by atoms with Crippen LogP contribution in [0, 0.1) is 0 Å². The number of rotatable bonds is 4. The molecule has 0 aromatic rings. The number of nitrogens with zero attached hydrogens (tertiary/aromatic N) is 1. The Morgan fingerprint density at radius 2 is 2.12 bits per heavy atom. The smallest absolute Gasteiger partial charge is 0.234 e. The van der Waals surface area contributed by atoms with Crippen molar-refractivity contribution in [2.24, 2.45) is 5.73 Å². The zero-order valence-electron chi connectivity index (χ0n) is 10.6. The van der Waals surface area contributed by atoms with E-state index in [0.29, 0.717) is 12.6 Å². The predicted molar refractivity (Wildman–Crippen MR) is 65.6 cm³/mol. The Hall–Kier alpha value is -0.650. The van der Waals surface area contributed by atoms with Crippen molar-refractivity contribution in [1.29, 1.82) is 0 Å². The first-order valence-corrected chi connectivity index (χ1v) is 6.50. The molecule has 0 saturated carbocycles. The monoisotopic (exact) mass is 241 g/mol. The van der Waals surface area contributed by atoms with Crippen LogP contribution < -0.4 is 11.1 Å². The summed E-state index contributed by atoms with van der Waals surface area (Å²) < 4.78 is 5.26. The molecule has 3 N–H and O–H groups in total. The highest BCUT2D eigenvalue weighted by molar-refractivity contribution is 5.78. The van der Waals surface area contributed by atoms with Gasteiger partial charge in [0.1, 0.15) is 0 Å². The minimum absolute atomic E-state index is 0.0566. The van der Waals surface area contributed by atoms with E-state index < -0.39 is 0 Å². The van der Waals surface area contributed by atoms with Crippen LogP contribution >= 0.6 is 0 Å². The predicted octanol–water partition coefficient (Wildman–Crippen LogP) is -0.295. The zero-order valence-corrected chi connectivity index (χ0v) is 10.6. The fourth-order valence-corrected chi connectivity index (χ4v) is 2.50. The molecule has 2 fully saturated rings. The number of hydrogen-bond donors (Lipinski definition) is 2. The maximum Gasteiger partial charge on any atom is 0.234 e. The van der Waals surface area contributed by atoms with E-state index in [2.05, 4.69) is 17.1 Å². The molecule has 0 aliphatic carbocycles. The highest BCUT2D eigenvalue weighted by Gasteiger charge is 2.38. The van der Waals surface area contributed by atoms with Crippen molar-refractivity contribution in [2.45, 2.75) is 37.8 Å². The van der Waals surface area contributed by atoms with Gasteiger partial charge < -0.3 is 15.8 Å². The maximum absolute atomic E-state index is 11.8. The van der Waals surface area contributed by atoms with E-state index in [4.69, 9.17) is 10.5 Å². The van der Waals surface area contributed by atoms with Gasteiger partial charge in [0, 0.05) is 37.9 Å². The molecule has 2 heterocycles. The molecule has 0 radical (unpaired) electrons. The third-order valence-corrected chi connectivity index (χ3v) is 3.73. The summed E-state index contributed by atoms with van der Waals surface area (Å²) in [6.07, 6.45) is 2.84. The molecule has 2 aliphatic rings. The van der Waals surface area contributed by atoms with Gasteiger partial charge in [0.05, 0.1) is 6.54 Å². The van der Waals surface area contributed by atoms with Crippen LogP contribution in [-0.4, -0.2) is 55.2 Å². The number of carbonyl (C=O) groups is 1. The van der Waals surface area contributed by atoms with Gasteiger partial charge in [0.15, 0.2) is 0 Å². The molecule has 0 aromatic carbocycles. The van der Waals surface area contributed by atoms with Crippen LogP contribution in [0.2, 0.25) is 0 Å². The van der Waals surface area contributed by atoms with E-state index in [1.807, 2.05) is 0 Å². The van der Waals surface area contributed by atoms with Gasteiger partial charge in [-0.3, -0.25) is 9.69 Å². The second-order valence-corrected chi connectivity index (χ2v) is 5.32. The third-order valence-electron chi connectivity index (χ3n) is 3.73. The number of carbonyl (C=O) groups excluding carboxylic acids is 1. The average molecular weight is 241 g/mol. The second-order valence-electron chi connectivity index (χ2n) is 5.32. The first-order chi connectivity index (χ1) is 8.11. The van der Waals surface area contributed by atoms with E-state index in [1.54, 1.807) is 0 Å². The SMILES string of the molecule is CCC1(N)CN(CC(=O)NC2CCOCC2)C1. The molecule has 2 aliphatic heterocycles. The Kier molecular flexibility index (Phi) is 4.01. The van der Waals surface area contributed by atoms with E-state index in [9.17, 15) is 4.79 Å². The lowest BCUT2D eigenvalue weighted by atomic mass is 9.88. The summed E-state index contributed by atoms with van der Waals surface area (Å²) in [7, 11) is 0. The highest BCUT2D eigenvalue weighted by Crippen LogP contribution is 2.20. The second kappa shape index (κ2) is 5.33. The normalized spacial score (nSPS) is 25.3. The summed E-state index contributed by atoms with van der Waals surface area (Å²) >= 11 is 0. The third kappa shape index (κ3) is 3.40. The minimum atomic E-state index is -0.0566. The van der Waals surface area contributed by atoms with E-state index in [0.717, 1.165) is 45.6 Å². The lowest BCUT2D eigenvalue weighted by Crippen LogP contribution is -2.68. The summed E-state index contributed by atoms with van der Waals surface area (Å²) in [5.74, 6) is 0.120. The number of nitrogens with two attached hydrogens (primary N) is 1. The first kappa shape index (κ1) is 12.8. The molecule has 0 aromatic heterocycles. The molecule has 0 atom stereocenters. The van der Waals surface area contributed by atoms with Gasteiger partial charge in [-0.1, -0.05) is 6.92 Å². The molecular formula is C12H23N3O2. The van der Waals surface area contributed by atoms with E-state index >= 15 is 0 Å². The lowest BCUT2D eigenvalue weighted by molar-refractivity contribution is -0.125. The Balaban J connectivity index is 1.65. The number of likely N-dealkylation sites (tertiary alicyclic amines) is 1. The lowest BCUT2D eigenvalue weighted by Gasteiger charge is -2.47. The van der Waals surface area contributed by atoms with Crippen LogP contribution in [0.1, 0.15) is 26.2 Å². The Morgan fingerprint density at radius 3 is 2.71 bits per heavy atom. The van der Waals surface area contributed by atoms with Gasteiger partial charge >= 0.3 is 0 Å². The number of ether oxygens (including phenoxy) is 1. The van der Waals surface area contributed by atoms with Crippen molar-refractivity contribution in [3.05, 3.63) is 0 Å². The fourth-order valence-electron chi connectivity index (χ4n) is 2.50. The molecule has 1 amide bonds. The average Bonchev–Trinajstić information content (AvgIpc) is 2.28. The topological polar surface area (TPSA) is 67.6 Å². The quantitative estimate of drug-likeness (QED) is 0.709. The fraction of sp³-hybridized carbons (Fsp3) is 0.917. The van der Waals surface area contributed by atoms with Crippen molar-refractivity contribution in [3.8, 4) is 0 Å². The minimum Gasteiger partial charge on any atom is -0.381 e. The number of amides is 1. The van der Waals surface area contributed by atoms with Gasteiger partial charge in [0.25, 0.3) is 0 Å². The van der Waals surface area contributed by atoms with Crippen molar-refractivity contribution < 1.29 is 9.53 Å². The van der Waals surface area contributed by atoms with Crippen LogP contribution in [0.25, 0.3) is 0 Å². The van der Waals surface area contributed by atoms with Gasteiger partial charge in [-0.25, -0.2) is 0 Å². The van der Waals surface area contributed by atoms with Crippen molar-refractivity contribution in [2.75, 3.05) is 32.8 Å². The summed E-state index contributed by atoms with van der Waals surface area (Å²) in [6.45, 7) is 5.78. The zero-order chi connectivity index (χ0) is 12.3. The van der Waals surface area contributed by atoms with Crippen LogP contribution in [0.3, 0.4) is 0 Å². The standard InChI is InChI=1S/C12H23N3O2/c1-2-12(13)8-15(9-12)7-11(16)14-10-3-5-17-6-4-10/h10H,2-9,13H2,1H3,(H,14,16). The molecule has 5 heteroatoms. The molecule has 2 rings (SSSR count). The molecule has 5 nitrogen and oxygen atoms in total. The largest absolute Gasteiger partial charge is 0.381 e. The Morgan fingerprint density at radius 1 is 1.47 bits per heavy atom. The molecule has 0 bridgehead atoms. The van der Waals surface area contributed by atoms with E-state index in [-0.39, 0.29) is 11.4 Å². The summed E-state index contributed by atoms with van der Waals surface area (Å²) in [5.41, 5.74) is 6.01. The molecule has 0 unspecified atom stereocenters. The van der Waals surface area contributed by atoms with Crippen molar-refractivity contribution in [1.82, 2.24) is 10.2 Å². The summed E-state index contributed by atoms with van der Waals surface area (Å²) in [6, 6.07) is 0.298. The van der Waals surface area contributed by atoms with Crippen molar-refractivity contribution >= 4 is 5.91 Å². The van der Waals surface area contributed by atoms with Gasteiger partial charge in [-0.05, 0) is 19.3 Å². The van der Waals surface area contributed by atoms with Crippen LogP contribution in [-0.2, 0) is 9.53 Å². The van der Waals surface area contributed by atoms with E-state index in [1.165, 1.54) is 0 Å². The van der Waals surface area contributed by atoms with Crippen LogP contribution in [0.4, 0.5) is 0 Å². The number of nitrogens with one attached hydrogen (secondary N) is 1. The Labute approximate surface area is 103 Å². The van der Waals surface area contributed by atoms with Crippen LogP contribution in [0.5, 0.6) is 0 Å². The molecule has 0 spiro atoms. The van der Waals surface area contributed by atoms with Gasteiger partial charge in [-0.15, -0.1) is 0 Å². The first-order valence-electron chi connectivity index (χ1n) is 6.50. The maximum atomic E-state index is 11.8. The Bertz CT molecular complexity index is 271. The van der Waals surface area contributed by atoms with Gasteiger partial charge in [0.2, 0.25) is 5.91 Å². The highest BCUT2D eigenvalue weighted by atomic mass is 16.5. The summed E-state index contributed by atoms with van der Waals surface area (Å²) in [5, 5.41) is 3.06.